The van der Waals surface area contributed by atoms with E-state index in [1.165, 1.54) is 11.4 Å². The van der Waals surface area contributed by atoms with Crippen LogP contribution in [0.15, 0.2) is 30.6 Å². The van der Waals surface area contributed by atoms with Crippen LogP contribution >= 0.6 is 0 Å². The number of fused-ring (bicyclic) bond motifs is 1. The highest BCUT2D eigenvalue weighted by Gasteiger charge is 2.21. The molecule has 2 N–H and O–H groups in total. The third-order valence-electron chi connectivity index (χ3n) is 3.81. The van der Waals surface area contributed by atoms with Crippen LogP contribution in [0.25, 0.3) is 0 Å². The zero-order valence-electron chi connectivity index (χ0n) is 11.9. The van der Waals surface area contributed by atoms with E-state index in [9.17, 15) is 0 Å². The highest BCUT2D eigenvalue weighted by Crippen LogP contribution is 2.27. The van der Waals surface area contributed by atoms with Crippen LogP contribution in [0.1, 0.15) is 11.4 Å². The number of aromatic nitrogens is 2. The molecule has 1 aromatic heterocycles. The molecular weight excluding hydrogens is 252 g/mol. The zero-order valence-corrected chi connectivity index (χ0v) is 11.9. The van der Waals surface area contributed by atoms with Crippen molar-refractivity contribution in [3.63, 3.8) is 0 Å². The number of H-pyrrole nitrogens is 1. The third-order valence-corrected chi connectivity index (χ3v) is 3.81. The second-order valence-electron chi connectivity index (χ2n) is 5.16. The average molecular weight is 272 g/mol. The standard InChI is InChI=1S/C15H20N4O/c1-19(14-5-3-4-6-15(14)20-2)9-11-7-12-13(8-16-11)18-10-17-12/h3-6,10-11,16H,7-9H2,1-2H3,(H,17,18). The number of para-hydroxylation sites is 2. The molecule has 1 aromatic carbocycles. The lowest BCUT2D eigenvalue weighted by Crippen LogP contribution is -2.43. The number of hydrogen-bond donors (Lipinski definition) is 2. The van der Waals surface area contributed by atoms with Gasteiger partial charge < -0.3 is 19.9 Å². The van der Waals surface area contributed by atoms with E-state index in [-0.39, 0.29) is 0 Å². The molecule has 1 aliphatic heterocycles. The van der Waals surface area contributed by atoms with Gasteiger partial charge in [0.25, 0.3) is 0 Å². The first-order valence-corrected chi connectivity index (χ1v) is 6.86. The Bertz CT molecular complexity index is 581. The number of ether oxygens (including phenoxy) is 1. The van der Waals surface area contributed by atoms with Crippen LogP contribution in [-0.4, -0.2) is 36.7 Å². The molecule has 106 valence electrons. The van der Waals surface area contributed by atoms with Gasteiger partial charge in [-0.15, -0.1) is 0 Å². The predicted molar refractivity (Wildman–Crippen MR) is 79.2 cm³/mol. The van der Waals surface area contributed by atoms with E-state index >= 15 is 0 Å². The highest BCUT2D eigenvalue weighted by molar-refractivity contribution is 5.58. The van der Waals surface area contributed by atoms with Gasteiger partial charge >= 0.3 is 0 Å². The number of benzene rings is 1. The van der Waals surface area contributed by atoms with Gasteiger partial charge in [0, 0.05) is 32.6 Å². The number of imidazole rings is 1. The van der Waals surface area contributed by atoms with Gasteiger partial charge in [-0.2, -0.15) is 0 Å². The minimum atomic E-state index is 0.403. The number of aromatic amines is 1. The molecule has 20 heavy (non-hydrogen) atoms. The summed E-state index contributed by atoms with van der Waals surface area (Å²) >= 11 is 0. The monoisotopic (exact) mass is 272 g/mol. The molecule has 0 saturated carbocycles. The fraction of sp³-hybridized carbons (Fsp3) is 0.400. The summed E-state index contributed by atoms with van der Waals surface area (Å²) in [5.41, 5.74) is 3.51. The van der Waals surface area contributed by atoms with Gasteiger partial charge in [0.15, 0.2) is 0 Å². The Kier molecular flexibility index (Phi) is 3.60. The summed E-state index contributed by atoms with van der Waals surface area (Å²) in [6.45, 7) is 1.78. The summed E-state index contributed by atoms with van der Waals surface area (Å²) in [6, 6.07) is 8.51. The number of rotatable bonds is 4. The van der Waals surface area contributed by atoms with Crippen molar-refractivity contribution < 1.29 is 4.74 Å². The van der Waals surface area contributed by atoms with E-state index in [1.807, 2.05) is 18.2 Å². The molecule has 1 atom stereocenters. The van der Waals surface area contributed by atoms with Crippen molar-refractivity contribution in [2.24, 2.45) is 0 Å². The summed E-state index contributed by atoms with van der Waals surface area (Å²) in [5, 5.41) is 3.55. The summed E-state index contributed by atoms with van der Waals surface area (Å²) < 4.78 is 5.42. The minimum absolute atomic E-state index is 0.403. The topological polar surface area (TPSA) is 53.2 Å². The summed E-state index contributed by atoms with van der Waals surface area (Å²) in [5.74, 6) is 0.909. The lowest BCUT2D eigenvalue weighted by atomic mass is 10.0. The Labute approximate surface area is 119 Å². The van der Waals surface area contributed by atoms with Crippen LogP contribution < -0.4 is 15.0 Å². The van der Waals surface area contributed by atoms with Gasteiger partial charge in [-0.3, -0.25) is 0 Å². The average Bonchev–Trinajstić information content (AvgIpc) is 2.94. The maximum Gasteiger partial charge on any atom is 0.142 e. The number of methoxy groups -OCH3 is 1. The Morgan fingerprint density at radius 1 is 1.40 bits per heavy atom. The first-order valence-electron chi connectivity index (χ1n) is 6.86. The van der Waals surface area contributed by atoms with Gasteiger partial charge in [-0.05, 0) is 12.1 Å². The van der Waals surface area contributed by atoms with Gasteiger partial charge in [0.1, 0.15) is 5.75 Å². The molecule has 0 radical (unpaired) electrons. The van der Waals surface area contributed by atoms with Crippen molar-refractivity contribution in [1.82, 2.24) is 15.3 Å². The van der Waals surface area contributed by atoms with E-state index in [2.05, 4.69) is 33.3 Å². The first kappa shape index (κ1) is 13.0. The molecule has 2 heterocycles. The van der Waals surface area contributed by atoms with Crippen LogP contribution in [0.2, 0.25) is 0 Å². The third kappa shape index (κ3) is 2.49. The predicted octanol–water partition coefficient (Wildman–Crippen LogP) is 1.57. The van der Waals surface area contributed by atoms with E-state index in [4.69, 9.17) is 4.74 Å². The Hall–Kier alpha value is -2.01. The molecule has 0 spiro atoms. The van der Waals surface area contributed by atoms with Crippen molar-refractivity contribution in [3.8, 4) is 5.75 Å². The second kappa shape index (κ2) is 5.54. The molecule has 1 aliphatic rings. The SMILES string of the molecule is COc1ccccc1N(C)CC1Cc2nc[nH]c2CN1. The van der Waals surface area contributed by atoms with Crippen LogP contribution in [0.4, 0.5) is 5.69 Å². The Morgan fingerprint density at radius 3 is 3.10 bits per heavy atom. The molecule has 5 heteroatoms. The second-order valence-corrected chi connectivity index (χ2v) is 5.16. The maximum atomic E-state index is 5.42. The highest BCUT2D eigenvalue weighted by atomic mass is 16.5. The number of nitrogens with zero attached hydrogens (tertiary/aromatic N) is 2. The largest absolute Gasteiger partial charge is 0.495 e. The molecule has 5 nitrogen and oxygen atoms in total. The Morgan fingerprint density at radius 2 is 2.25 bits per heavy atom. The molecule has 0 amide bonds. The molecule has 2 aromatic rings. The number of hydrogen-bond acceptors (Lipinski definition) is 4. The summed E-state index contributed by atoms with van der Waals surface area (Å²) in [4.78, 5) is 9.79. The Balaban J connectivity index is 1.69. The van der Waals surface area contributed by atoms with Gasteiger partial charge in [0.05, 0.1) is 30.5 Å². The van der Waals surface area contributed by atoms with Gasteiger partial charge in [-0.25, -0.2) is 4.98 Å². The number of likely N-dealkylation sites (N-methyl/N-ethyl adjacent to an activating group) is 1. The lowest BCUT2D eigenvalue weighted by Gasteiger charge is -2.29. The van der Waals surface area contributed by atoms with Gasteiger partial charge in [-0.1, -0.05) is 12.1 Å². The molecule has 0 saturated heterocycles. The molecule has 1 unspecified atom stereocenters. The van der Waals surface area contributed by atoms with Crippen LogP contribution in [0, 0.1) is 0 Å². The van der Waals surface area contributed by atoms with E-state index in [0.29, 0.717) is 6.04 Å². The van der Waals surface area contributed by atoms with E-state index in [0.717, 1.165) is 30.9 Å². The fourth-order valence-electron chi connectivity index (χ4n) is 2.73. The zero-order chi connectivity index (χ0) is 13.9. The van der Waals surface area contributed by atoms with Gasteiger partial charge in [0.2, 0.25) is 0 Å². The first-order chi connectivity index (χ1) is 9.78. The van der Waals surface area contributed by atoms with Crippen molar-refractivity contribution in [1.29, 1.82) is 0 Å². The van der Waals surface area contributed by atoms with Crippen LogP contribution in [0.5, 0.6) is 5.75 Å². The van der Waals surface area contributed by atoms with Crippen LogP contribution in [-0.2, 0) is 13.0 Å². The molecule has 0 bridgehead atoms. The summed E-state index contributed by atoms with van der Waals surface area (Å²) in [7, 11) is 3.81. The van der Waals surface area contributed by atoms with Crippen molar-refractivity contribution in [3.05, 3.63) is 42.0 Å². The summed E-state index contributed by atoms with van der Waals surface area (Å²) in [6.07, 6.45) is 2.73. The number of anilines is 1. The lowest BCUT2D eigenvalue weighted by molar-refractivity contribution is 0.412. The van der Waals surface area contributed by atoms with Crippen molar-refractivity contribution in [2.75, 3.05) is 25.6 Å². The fourth-order valence-corrected chi connectivity index (χ4v) is 2.73. The van der Waals surface area contributed by atoms with Crippen molar-refractivity contribution >= 4 is 5.69 Å². The molecule has 3 rings (SSSR count). The normalized spacial score (nSPS) is 17.6. The number of nitrogens with one attached hydrogen (secondary N) is 2. The quantitative estimate of drug-likeness (QED) is 0.887. The van der Waals surface area contributed by atoms with E-state index in [1.54, 1.807) is 13.4 Å². The van der Waals surface area contributed by atoms with E-state index < -0.39 is 0 Å². The molecule has 0 fully saturated rings. The molecule has 0 aliphatic carbocycles. The smallest absolute Gasteiger partial charge is 0.142 e. The molecular formula is C15H20N4O. The minimum Gasteiger partial charge on any atom is -0.495 e. The van der Waals surface area contributed by atoms with Crippen LogP contribution in [0.3, 0.4) is 0 Å². The maximum absolute atomic E-state index is 5.42. The van der Waals surface area contributed by atoms with Crippen molar-refractivity contribution in [2.45, 2.75) is 19.0 Å².